The fourth-order valence-corrected chi connectivity index (χ4v) is 5.38. The van der Waals surface area contributed by atoms with E-state index in [4.69, 9.17) is 9.84 Å². The Bertz CT molecular complexity index is 798. The molecule has 3 aliphatic rings. The van der Waals surface area contributed by atoms with E-state index in [1.807, 2.05) is 6.92 Å². The van der Waals surface area contributed by atoms with Crippen LogP contribution in [0.5, 0.6) is 0 Å². The first kappa shape index (κ1) is 25.8. The molecule has 0 spiro atoms. The van der Waals surface area contributed by atoms with Gasteiger partial charge in [-0.3, -0.25) is 9.59 Å². The normalized spacial score (nSPS) is 33.8. The molecular formula is C25H36O7. The summed E-state index contributed by atoms with van der Waals surface area (Å²) in [5.41, 5.74) is 1.40. The third kappa shape index (κ3) is 5.49. The van der Waals surface area contributed by atoms with Crippen molar-refractivity contribution in [1.29, 1.82) is 0 Å². The molecular weight excluding hydrogens is 412 g/mol. The zero-order valence-electron chi connectivity index (χ0n) is 19.4. The highest BCUT2D eigenvalue weighted by atomic mass is 16.5. The number of carbonyl (C=O) groups is 3. The van der Waals surface area contributed by atoms with Crippen molar-refractivity contribution in [3.8, 4) is 0 Å². The molecule has 2 N–H and O–H groups in total. The summed E-state index contributed by atoms with van der Waals surface area (Å²) >= 11 is 0. The van der Waals surface area contributed by atoms with E-state index in [0.717, 1.165) is 19.3 Å². The summed E-state index contributed by atoms with van der Waals surface area (Å²) in [6.07, 6.45) is 5.85. The maximum atomic E-state index is 11.8. The maximum absolute atomic E-state index is 11.8. The molecule has 0 saturated heterocycles. The second-order valence-corrected chi connectivity index (χ2v) is 9.55. The van der Waals surface area contributed by atoms with Gasteiger partial charge in [0.1, 0.15) is 6.61 Å². The Morgan fingerprint density at radius 3 is 2.53 bits per heavy atom. The first-order valence-corrected chi connectivity index (χ1v) is 11.2. The van der Waals surface area contributed by atoms with Crippen molar-refractivity contribution in [2.75, 3.05) is 13.2 Å². The van der Waals surface area contributed by atoms with Gasteiger partial charge in [-0.15, -0.1) is 0 Å². The van der Waals surface area contributed by atoms with Crippen molar-refractivity contribution >= 4 is 17.9 Å². The lowest BCUT2D eigenvalue weighted by Gasteiger charge is -2.59. The van der Waals surface area contributed by atoms with E-state index in [0.29, 0.717) is 24.5 Å². The largest absolute Gasteiger partial charge is 0.481 e. The monoisotopic (exact) mass is 448 g/mol. The van der Waals surface area contributed by atoms with Crippen molar-refractivity contribution in [2.24, 2.45) is 22.7 Å². The minimum atomic E-state index is -1.01. The van der Waals surface area contributed by atoms with Crippen LogP contribution in [0.25, 0.3) is 0 Å². The molecule has 32 heavy (non-hydrogen) atoms. The minimum absolute atomic E-state index is 0.0524. The highest BCUT2D eigenvalue weighted by Gasteiger charge is 2.57. The Hall–Kier alpha value is -2.41. The number of aliphatic hydroxyl groups is 1. The van der Waals surface area contributed by atoms with Crippen molar-refractivity contribution in [2.45, 2.75) is 65.4 Å². The number of ether oxygens (including phenoxy) is 2. The smallest absolute Gasteiger partial charge is 0.338 e. The first-order valence-electron chi connectivity index (χ1n) is 11.2. The van der Waals surface area contributed by atoms with Gasteiger partial charge in [-0.2, -0.15) is 0 Å². The van der Waals surface area contributed by atoms with Crippen molar-refractivity contribution < 1.29 is 34.1 Å². The summed E-state index contributed by atoms with van der Waals surface area (Å²) in [4.78, 5) is 32.8. The molecule has 2 fully saturated rings. The summed E-state index contributed by atoms with van der Waals surface area (Å²) in [7, 11) is 0. The van der Waals surface area contributed by atoms with E-state index in [1.165, 1.54) is 11.6 Å². The van der Waals surface area contributed by atoms with Crippen molar-refractivity contribution in [3.05, 3.63) is 36.5 Å². The van der Waals surface area contributed by atoms with Gasteiger partial charge in [-0.1, -0.05) is 45.6 Å². The SMILES string of the molecule is C=C1CCC2C(C)(COC(=O)CCC(=O)O)C(O)CCC2(C)C1C.C=CC1=CCOC1=O. The summed E-state index contributed by atoms with van der Waals surface area (Å²) < 4.78 is 9.93. The molecule has 2 saturated carbocycles. The number of fused-ring (bicyclic) bond motifs is 1. The number of cyclic esters (lactones) is 1. The van der Waals surface area contributed by atoms with Gasteiger partial charge in [0.25, 0.3) is 0 Å². The van der Waals surface area contributed by atoms with Gasteiger partial charge in [0, 0.05) is 5.41 Å². The zero-order valence-corrected chi connectivity index (χ0v) is 19.4. The maximum Gasteiger partial charge on any atom is 0.338 e. The van der Waals surface area contributed by atoms with Gasteiger partial charge >= 0.3 is 17.9 Å². The fraction of sp³-hybridized carbons (Fsp3) is 0.640. The van der Waals surface area contributed by atoms with Gasteiger partial charge < -0.3 is 19.7 Å². The van der Waals surface area contributed by atoms with E-state index >= 15 is 0 Å². The Morgan fingerprint density at radius 1 is 1.31 bits per heavy atom. The zero-order chi connectivity index (χ0) is 24.1. The summed E-state index contributed by atoms with van der Waals surface area (Å²) in [6, 6.07) is 0. The number of hydrogen-bond acceptors (Lipinski definition) is 6. The number of aliphatic carboxylic acids is 1. The molecule has 5 atom stereocenters. The standard InChI is InChI=1S/C19H30O5.C6H6O2/c1-12-5-6-14-18(3,13(12)2)10-9-15(20)19(14,4)11-24-17(23)8-7-16(21)22;1-2-5-3-4-8-6(5)7/h13-15,20H,1,5-11H2,2-4H3,(H,21,22);2-3H,1,4H2. The second kappa shape index (κ2) is 10.5. The lowest BCUT2D eigenvalue weighted by atomic mass is 9.47. The molecule has 0 aromatic heterocycles. The molecule has 1 aliphatic heterocycles. The number of carboxylic acid groups (broad SMARTS) is 1. The van der Waals surface area contributed by atoms with Crippen LogP contribution in [0.1, 0.15) is 59.3 Å². The molecule has 0 aromatic carbocycles. The molecule has 3 rings (SSSR count). The highest BCUT2D eigenvalue weighted by Crippen LogP contribution is 2.60. The average molecular weight is 449 g/mol. The quantitative estimate of drug-likeness (QED) is 0.469. The van der Waals surface area contributed by atoms with Crippen LogP contribution in [0.2, 0.25) is 0 Å². The third-order valence-electron chi connectivity index (χ3n) is 7.73. The number of aliphatic hydroxyl groups excluding tert-OH is 1. The van der Waals surface area contributed by atoms with Gasteiger partial charge in [0.2, 0.25) is 0 Å². The predicted molar refractivity (Wildman–Crippen MR) is 120 cm³/mol. The summed E-state index contributed by atoms with van der Waals surface area (Å²) in [5, 5.41) is 19.3. The Kier molecular flexibility index (Phi) is 8.46. The Labute approximate surface area is 190 Å². The highest BCUT2D eigenvalue weighted by molar-refractivity contribution is 5.93. The number of carboxylic acids is 1. The average Bonchev–Trinajstić information content (AvgIpc) is 3.17. The molecule has 1 heterocycles. The Morgan fingerprint density at radius 2 is 2.00 bits per heavy atom. The molecule has 178 valence electrons. The van der Waals surface area contributed by atoms with E-state index in [2.05, 4.69) is 31.7 Å². The molecule has 5 unspecified atom stereocenters. The van der Waals surface area contributed by atoms with Gasteiger partial charge in [-0.25, -0.2) is 4.79 Å². The third-order valence-corrected chi connectivity index (χ3v) is 7.73. The molecule has 0 bridgehead atoms. The lowest BCUT2D eigenvalue weighted by Crippen LogP contribution is -2.57. The second-order valence-electron chi connectivity index (χ2n) is 9.55. The van der Waals surface area contributed by atoms with Crippen LogP contribution in [0.3, 0.4) is 0 Å². The minimum Gasteiger partial charge on any atom is -0.481 e. The van der Waals surface area contributed by atoms with Crippen molar-refractivity contribution in [1.82, 2.24) is 0 Å². The van der Waals surface area contributed by atoms with Crippen LogP contribution in [0, 0.1) is 22.7 Å². The van der Waals surface area contributed by atoms with Crippen LogP contribution < -0.4 is 0 Å². The fourth-order valence-electron chi connectivity index (χ4n) is 5.38. The van der Waals surface area contributed by atoms with E-state index in [9.17, 15) is 19.5 Å². The number of hydrogen-bond donors (Lipinski definition) is 2. The molecule has 2 aliphatic carbocycles. The molecule has 7 nitrogen and oxygen atoms in total. The van der Waals surface area contributed by atoms with Gasteiger partial charge in [-0.05, 0) is 49.0 Å². The lowest BCUT2D eigenvalue weighted by molar-refractivity contribution is -0.174. The predicted octanol–water partition coefficient (Wildman–Crippen LogP) is 3.82. The first-order chi connectivity index (χ1) is 15.0. The van der Waals surface area contributed by atoms with Crippen LogP contribution in [0.15, 0.2) is 36.5 Å². The topological polar surface area (TPSA) is 110 Å². The van der Waals surface area contributed by atoms with Crippen LogP contribution in [-0.4, -0.2) is 47.4 Å². The molecule has 0 radical (unpaired) electrons. The summed E-state index contributed by atoms with van der Waals surface area (Å²) in [5.74, 6) is -1.15. The number of allylic oxidation sites excluding steroid dienone is 1. The van der Waals surface area contributed by atoms with Gasteiger partial charge in [0.05, 0.1) is 31.1 Å². The van der Waals surface area contributed by atoms with Crippen LogP contribution in [-0.2, 0) is 23.9 Å². The number of esters is 2. The number of carbonyl (C=O) groups excluding carboxylic acids is 2. The van der Waals surface area contributed by atoms with E-state index < -0.39 is 23.5 Å². The molecule has 0 amide bonds. The van der Waals surface area contributed by atoms with E-state index in [-0.39, 0.29) is 36.8 Å². The van der Waals surface area contributed by atoms with E-state index in [1.54, 1.807) is 6.08 Å². The molecule has 7 heteroatoms. The van der Waals surface area contributed by atoms with Crippen LogP contribution in [0.4, 0.5) is 0 Å². The summed E-state index contributed by atoms with van der Waals surface area (Å²) in [6.45, 7) is 14.7. The Balaban J connectivity index is 0.000000380. The number of rotatable bonds is 6. The van der Waals surface area contributed by atoms with Gasteiger partial charge in [0.15, 0.2) is 0 Å². The van der Waals surface area contributed by atoms with Crippen molar-refractivity contribution in [3.63, 3.8) is 0 Å². The molecule has 0 aromatic rings. The van der Waals surface area contributed by atoms with Crippen LogP contribution >= 0.6 is 0 Å².